The van der Waals surface area contributed by atoms with Gasteiger partial charge in [0.15, 0.2) is 11.5 Å². The molecular weight excluding hydrogens is 376 g/mol. The van der Waals surface area contributed by atoms with Crippen molar-refractivity contribution in [2.75, 3.05) is 5.43 Å². The lowest BCUT2D eigenvalue weighted by atomic mass is 10.3. The van der Waals surface area contributed by atoms with E-state index >= 15 is 0 Å². The zero-order valence-corrected chi connectivity index (χ0v) is 16.2. The van der Waals surface area contributed by atoms with E-state index in [2.05, 4.69) is 30.7 Å². The smallest absolute Gasteiger partial charge is 0.168 e. The number of benzene rings is 2. The van der Waals surface area contributed by atoms with E-state index in [-0.39, 0.29) is 0 Å². The third-order valence-electron chi connectivity index (χ3n) is 4.70. The summed E-state index contributed by atoms with van der Waals surface area (Å²) in [6, 6.07) is 19.8. The van der Waals surface area contributed by atoms with E-state index in [1.807, 2.05) is 78.5 Å². The van der Waals surface area contributed by atoms with Crippen molar-refractivity contribution >= 4 is 23.1 Å². The zero-order chi connectivity index (χ0) is 20.3. The molecule has 8 heteroatoms. The molecule has 0 amide bonds. The average molecular weight is 394 g/mol. The molecule has 0 spiro atoms. The molecule has 0 fully saturated rings. The minimum Gasteiger partial charge on any atom is -0.261 e. The second kappa shape index (κ2) is 7.59. The van der Waals surface area contributed by atoms with Crippen LogP contribution in [0.1, 0.15) is 11.3 Å². The van der Waals surface area contributed by atoms with Gasteiger partial charge < -0.3 is 0 Å². The molecule has 0 radical (unpaired) electrons. The van der Waals surface area contributed by atoms with Crippen LogP contribution in [0.15, 0.2) is 84.5 Å². The van der Waals surface area contributed by atoms with Gasteiger partial charge in [0.2, 0.25) is 0 Å². The van der Waals surface area contributed by atoms with Gasteiger partial charge in [-0.2, -0.15) is 15.3 Å². The van der Waals surface area contributed by atoms with Crippen LogP contribution in [0.3, 0.4) is 0 Å². The highest BCUT2D eigenvalue weighted by Gasteiger charge is 2.10. The van der Waals surface area contributed by atoms with Gasteiger partial charge in [0.1, 0.15) is 6.33 Å². The molecule has 5 aromatic rings. The molecule has 1 N–H and O–H groups in total. The van der Waals surface area contributed by atoms with Crippen molar-refractivity contribution in [1.29, 1.82) is 0 Å². The van der Waals surface area contributed by atoms with Crippen molar-refractivity contribution in [2.24, 2.45) is 5.10 Å². The van der Waals surface area contributed by atoms with Gasteiger partial charge in [0.05, 0.1) is 34.9 Å². The van der Waals surface area contributed by atoms with Crippen molar-refractivity contribution in [3.8, 4) is 11.4 Å². The van der Waals surface area contributed by atoms with Gasteiger partial charge in [-0.3, -0.25) is 5.43 Å². The van der Waals surface area contributed by atoms with E-state index in [9.17, 15) is 0 Å². The number of hydrogen-bond donors (Lipinski definition) is 1. The van der Waals surface area contributed by atoms with Crippen LogP contribution in [0.5, 0.6) is 0 Å². The molecule has 0 saturated heterocycles. The monoisotopic (exact) mass is 394 g/mol. The van der Waals surface area contributed by atoms with Crippen LogP contribution >= 0.6 is 0 Å². The van der Waals surface area contributed by atoms with Crippen LogP contribution in [0.4, 0.5) is 5.82 Å². The van der Waals surface area contributed by atoms with E-state index in [0.29, 0.717) is 11.5 Å². The Balaban J connectivity index is 1.40. The molecule has 146 valence electrons. The van der Waals surface area contributed by atoms with Crippen LogP contribution in [0, 0.1) is 6.92 Å². The first-order valence-electron chi connectivity index (χ1n) is 9.44. The SMILES string of the molecule is Cc1nn(-c2ccccc2)cc1/C=N\Nc1ncnc2c1cnn2-c1ccccc1. The highest BCUT2D eigenvalue weighted by atomic mass is 15.3. The minimum absolute atomic E-state index is 0.589. The summed E-state index contributed by atoms with van der Waals surface area (Å²) in [4.78, 5) is 8.69. The summed E-state index contributed by atoms with van der Waals surface area (Å²) in [6.45, 7) is 1.95. The fourth-order valence-electron chi connectivity index (χ4n) is 3.17. The second-order valence-electron chi connectivity index (χ2n) is 6.67. The molecule has 0 unspecified atom stereocenters. The van der Waals surface area contributed by atoms with Gasteiger partial charge in [-0.15, -0.1) is 0 Å². The molecule has 2 aromatic carbocycles. The molecule has 5 rings (SSSR count). The summed E-state index contributed by atoms with van der Waals surface area (Å²) in [7, 11) is 0. The second-order valence-corrected chi connectivity index (χ2v) is 6.67. The molecule has 3 heterocycles. The summed E-state index contributed by atoms with van der Waals surface area (Å²) in [5.41, 5.74) is 7.45. The molecule has 8 nitrogen and oxygen atoms in total. The molecular formula is C22H18N8. The van der Waals surface area contributed by atoms with Crippen LogP contribution in [-0.4, -0.2) is 35.7 Å². The number of fused-ring (bicyclic) bond motifs is 1. The predicted octanol–water partition coefficient (Wildman–Crippen LogP) is 3.76. The number of nitrogens with one attached hydrogen (secondary N) is 1. The summed E-state index contributed by atoms with van der Waals surface area (Å²) in [6.07, 6.45) is 6.91. The van der Waals surface area contributed by atoms with E-state index in [0.717, 1.165) is 28.0 Å². The van der Waals surface area contributed by atoms with Crippen molar-refractivity contribution < 1.29 is 0 Å². The Kier molecular flexibility index (Phi) is 4.49. The van der Waals surface area contributed by atoms with E-state index in [1.54, 1.807) is 17.1 Å². The van der Waals surface area contributed by atoms with E-state index in [1.165, 1.54) is 6.33 Å². The van der Waals surface area contributed by atoms with Crippen LogP contribution in [0.25, 0.3) is 22.4 Å². The number of aromatic nitrogens is 6. The maximum atomic E-state index is 4.55. The normalized spacial score (nSPS) is 11.4. The first kappa shape index (κ1) is 17.7. The fraction of sp³-hybridized carbons (Fsp3) is 0.0455. The van der Waals surface area contributed by atoms with Gasteiger partial charge in [-0.1, -0.05) is 36.4 Å². The highest BCUT2D eigenvalue weighted by molar-refractivity contribution is 5.88. The third-order valence-corrected chi connectivity index (χ3v) is 4.70. The van der Waals surface area contributed by atoms with Crippen molar-refractivity contribution in [1.82, 2.24) is 29.5 Å². The van der Waals surface area contributed by atoms with E-state index in [4.69, 9.17) is 0 Å². The number of rotatable bonds is 5. The number of hydrazone groups is 1. The topological polar surface area (TPSA) is 85.8 Å². The quantitative estimate of drug-likeness (QED) is 0.362. The standard InChI is InChI=1S/C22H18N8/c1-16-17(14-29(28-16)18-8-4-2-5-9-18)12-25-27-21-20-13-26-30(22(20)24-15-23-21)19-10-6-3-7-11-19/h2-15H,1H3,(H,23,24,27)/b25-12-. The Hall–Kier alpha value is -4.33. The van der Waals surface area contributed by atoms with Crippen molar-refractivity contribution in [3.05, 3.63) is 90.6 Å². The van der Waals surface area contributed by atoms with Crippen LogP contribution < -0.4 is 5.43 Å². The lowest BCUT2D eigenvalue weighted by molar-refractivity contribution is 0.863. The molecule has 0 aliphatic heterocycles. The van der Waals surface area contributed by atoms with Gasteiger partial charge in [0.25, 0.3) is 0 Å². The van der Waals surface area contributed by atoms with Crippen molar-refractivity contribution in [3.63, 3.8) is 0 Å². The Morgan fingerprint density at radius 1 is 0.933 bits per heavy atom. The molecule has 0 atom stereocenters. The average Bonchev–Trinajstić information content (AvgIpc) is 3.39. The van der Waals surface area contributed by atoms with Crippen LogP contribution in [0.2, 0.25) is 0 Å². The number of hydrogen-bond acceptors (Lipinski definition) is 6. The lowest BCUT2D eigenvalue weighted by Gasteiger charge is -2.03. The summed E-state index contributed by atoms with van der Waals surface area (Å²) < 4.78 is 3.61. The third kappa shape index (κ3) is 3.30. The van der Waals surface area contributed by atoms with Gasteiger partial charge in [-0.25, -0.2) is 19.3 Å². The lowest BCUT2D eigenvalue weighted by Crippen LogP contribution is -1.99. The Bertz CT molecular complexity index is 1320. The number of para-hydroxylation sites is 2. The molecule has 0 aliphatic carbocycles. The number of anilines is 1. The molecule has 30 heavy (non-hydrogen) atoms. The first-order chi connectivity index (χ1) is 14.8. The van der Waals surface area contributed by atoms with Gasteiger partial charge in [-0.05, 0) is 31.2 Å². The molecule has 0 aliphatic rings. The Labute approximate surface area is 172 Å². The number of aryl methyl sites for hydroxylation is 1. The maximum absolute atomic E-state index is 4.55. The van der Waals surface area contributed by atoms with Crippen LogP contribution in [-0.2, 0) is 0 Å². The Morgan fingerprint density at radius 3 is 2.43 bits per heavy atom. The van der Waals surface area contributed by atoms with Gasteiger partial charge >= 0.3 is 0 Å². The first-order valence-corrected chi connectivity index (χ1v) is 9.44. The summed E-state index contributed by atoms with van der Waals surface area (Å²) in [5.74, 6) is 0.589. The summed E-state index contributed by atoms with van der Waals surface area (Å²) in [5, 5.41) is 14.1. The number of nitrogens with zero attached hydrogens (tertiary/aromatic N) is 7. The molecule has 0 bridgehead atoms. The highest BCUT2D eigenvalue weighted by Crippen LogP contribution is 2.21. The fourth-order valence-corrected chi connectivity index (χ4v) is 3.17. The zero-order valence-electron chi connectivity index (χ0n) is 16.2. The van der Waals surface area contributed by atoms with E-state index < -0.39 is 0 Å². The molecule has 3 aromatic heterocycles. The predicted molar refractivity (Wildman–Crippen MR) is 116 cm³/mol. The minimum atomic E-state index is 0.589. The maximum Gasteiger partial charge on any atom is 0.168 e. The largest absolute Gasteiger partial charge is 0.261 e. The molecule has 0 saturated carbocycles. The van der Waals surface area contributed by atoms with Crippen molar-refractivity contribution in [2.45, 2.75) is 6.92 Å². The Morgan fingerprint density at radius 2 is 1.67 bits per heavy atom. The summed E-state index contributed by atoms with van der Waals surface area (Å²) >= 11 is 0. The van der Waals surface area contributed by atoms with Gasteiger partial charge in [0, 0.05) is 11.8 Å².